The Morgan fingerprint density at radius 1 is 0.952 bits per heavy atom. The molecule has 0 aliphatic heterocycles. The van der Waals surface area contributed by atoms with Gasteiger partial charge in [0.1, 0.15) is 0 Å². The van der Waals surface area contributed by atoms with E-state index >= 15 is 0 Å². The molecule has 0 radical (unpaired) electrons. The SMILES string of the molecule is C[C@@H]([C@H](O)C#N)N(Cc1ccccc1)Cc1ccccc1. The minimum atomic E-state index is -0.988. The van der Waals surface area contributed by atoms with Gasteiger partial charge in [0.15, 0.2) is 6.10 Å². The fourth-order valence-electron chi connectivity index (χ4n) is 2.29. The fourth-order valence-corrected chi connectivity index (χ4v) is 2.29. The smallest absolute Gasteiger partial charge is 0.155 e. The minimum absolute atomic E-state index is 0.226. The van der Waals surface area contributed by atoms with Crippen LogP contribution in [0.3, 0.4) is 0 Å². The lowest BCUT2D eigenvalue weighted by molar-refractivity contribution is 0.0823. The van der Waals surface area contributed by atoms with Crippen LogP contribution in [0.1, 0.15) is 18.1 Å². The number of aliphatic hydroxyl groups is 1. The summed E-state index contributed by atoms with van der Waals surface area (Å²) in [6.07, 6.45) is -0.988. The Hall–Kier alpha value is -2.15. The van der Waals surface area contributed by atoms with E-state index < -0.39 is 6.10 Å². The summed E-state index contributed by atoms with van der Waals surface area (Å²) in [6.45, 7) is 3.30. The molecule has 0 saturated carbocycles. The predicted octanol–water partition coefficient (Wildman–Crippen LogP) is 2.96. The molecule has 0 aromatic heterocycles. The van der Waals surface area contributed by atoms with Crippen LogP contribution in [0.4, 0.5) is 0 Å². The van der Waals surface area contributed by atoms with Gasteiger partial charge in [0.05, 0.1) is 6.07 Å². The van der Waals surface area contributed by atoms with Crippen LogP contribution in [0.5, 0.6) is 0 Å². The van der Waals surface area contributed by atoms with Gasteiger partial charge in [-0.05, 0) is 18.1 Å². The second kappa shape index (κ2) is 7.58. The summed E-state index contributed by atoms with van der Waals surface area (Å²) in [7, 11) is 0. The topological polar surface area (TPSA) is 47.3 Å². The monoisotopic (exact) mass is 280 g/mol. The van der Waals surface area contributed by atoms with E-state index in [-0.39, 0.29) is 6.04 Å². The fraction of sp³-hybridized carbons (Fsp3) is 0.278. The highest BCUT2D eigenvalue weighted by atomic mass is 16.3. The molecule has 2 aromatic carbocycles. The summed E-state index contributed by atoms with van der Waals surface area (Å²) in [5.74, 6) is 0. The number of rotatable bonds is 6. The summed E-state index contributed by atoms with van der Waals surface area (Å²) in [5, 5.41) is 18.8. The Labute approximate surface area is 126 Å². The number of nitrogens with zero attached hydrogens (tertiary/aromatic N) is 2. The van der Waals surface area contributed by atoms with Crippen molar-refractivity contribution in [3.63, 3.8) is 0 Å². The molecule has 21 heavy (non-hydrogen) atoms. The van der Waals surface area contributed by atoms with Crippen molar-refractivity contribution >= 4 is 0 Å². The van der Waals surface area contributed by atoms with Gasteiger partial charge in [0.25, 0.3) is 0 Å². The number of benzene rings is 2. The van der Waals surface area contributed by atoms with Gasteiger partial charge >= 0.3 is 0 Å². The Balaban J connectivity index is 2.16. The maximum absolute atomic E-state index is 9.85. The van der Waals surface area contributed by atoms with Crippen molar-refractivity contribution in [1.82, 2.24) is 4.90 Å². The predicted molar refractivity (Wildman–Crippen MR) is 83.2 cm³/mol. The van der Waals surface area contributed by atoms with Gasteiger partial charge in [-0.3, -0.25) is 4.90 Å². The summed E-state index contributed by atoms with van der Waals surface area (Å²) in [6, 6.07) is 21.9. The van der Waals surface area contributed by atoms with Crippen molar-refractivity contribution < 1.29 is 5.11 Å². The molecule has 2 atom stereocenters. The Kier molecular flexibility index (Phi) is 5.51. The van der Waals surface area contributed by atoms with Gasteiger partial charge in [-0.2, -0.15) is 5.26 Å². The first kappa shape index (κ1) is 15.2. The molecule has 0 saturated heterocycles. The van der Waals surface area contributed by atoms with Gasteiger partial charge in [-0.25, -0.2) is 0 Å². The van der Waals surface area contributed by atoms with Crippen LogP contribution in [0, 0.1) is 11.3 Å². The quantitative estimate of drug-likeness (QED) is 0.828. The lowest BCUT2D eigenvalue weighted by Crippen LogP contribution is -2.40. The zero-order valence-electron chi connectivity index (χ0n) is 12.2. The van der Waals surface area contributed by atoms with Crippen LogP contribution in [0.25, 0.3) is 0 Å². The van der Waals surface area contributed by atoms with Crippen molar-refractivity contribution in [2.24, 2.45) is 0 Å². The standard InChI is InChI=1S/C18H20N2O/c1-15(18(21)12-19)20(13-16-8-4-2-5-9-16)14-17-10-6-3-7-11-17/h2-11,15,18,21H,13-14H2,1H3/t15-,18+/m0/s1. The van der Waals surface area contributed by atoms with E-state index in [4.69, 9.17) is 5.26 Å². The maximum atomic E-state index is 9.85. The second-order valence-corrected chi connectivity index (χ2v) is 5.19. The zero-order valence-corrected chi connectivity index (χ0v) is 12.2. The van der Waals surface area contributed by atoms with Crippen LogP contribution in [0.15, 0.2) is 60.7 Å². The number of aliphatic hydroxyl groups excluding tert-OH is 1. The molecule has 0 bridgehead atoms. The van der Waals surface area contributed by atoms with Gasteiger partial charge < -0.3 is 5.11 Å². The molecule has 0 amide bonds. The van der Waals surface area contributed by atoms with E-state index in [0.29, 0.717) is 13.1 Å². The van der Waals surface area contributed by atoms with Crippen LogP contribution >= 0.6 is 0 Å². The van der Waals surface area contributed by atoms with Crippen molar-refractivity contribution in [2.45, 2.75) is 32.2 Å². The van der Waals surface area contributed by atoms with Crippen molar-refractivity contribution in [3.8, 4) is 6.07 Å². The van der Waals surface area contributed by atoms with Crippen molar-refractivity contribution in [1.29, 1.82) is 5.26 Å². The Bertz CT molecular complexity index is 536. The van der Waals surface area contributed by atoms with E-state index in [9.17, 15) is 5.11 Å². The lowest BCUT2D eigenvalue weighted by Gasteiger charge is -2.30. The Morgan fingerprint density at radius 3 is 1.76 bits per heavy atom. The molecule has 108 valence electrons. The third kappa shape index (κ3) is 4.42. The molecule has 0 unspecified atom stereocenters. The van der Waals surface area contributed by atoms with E-state index in [0.717, 1.165) is 0 Å². The molecule has 0 spiro atoms. The summed E-state index contributed by atoms with van der Waals surface area (Å²) in [5.41, 5.74) is 2.34. The minimum Gasteiger partial charge on any atom is -0.376 e. The van der Waals surface area contributed by atoms with Crippen LogP contribution < -0.4 is 0 Å². The zero-order chi connectivity index (χ0) is 15.1. The Morgan fingerprint density at radius 2 is 1.38 bits per heavy atom. The molecule has 2 aromatic rings. The molecule has 1 N–H and O–H groups in total. The first-order valence-corrected chi connectivity index (χ1v) is 7.10. The number of hydrogen-bond donors (Lipinski definition) is 1. The van der Waals surface area contributed by atoms with Crippen LogP contribution in [-0.2, 0) is 13.1 Å². The maximum Gasteiger partial charge on any atom is 0.155 e. The molecule has 0 heterocycles. The van der Waals surface area contributed by atoms with Gasteiger partial charge in [0, 0.05) is 19.1 Å². The summed E-state index contributed by atoms with van der Waals surface area (Å²) in [4.78, 5) is 2.12. The molecular weight excluding hydrogens is 260 g/mol. The largest absolute Gasteiger partial charge is 0.376 e. The van der Waals surface area contributed by atoms with E-state index in [1.807, 2.05) is 49.4 Å². The first-order valence-electron chi connectivity index (χ1n) is 7.10. The third-order valence-electron chi connectivity index (χ3n) is 3.62. The molecular formula is C18H20N2O. The average Bonchev–Trinajstić information content (AvgIpc) is 2.54. The summed E-state index contributed by atoms with van der Waals surface area (Å²) < 4.78 is 0. The van der Waals surface area contributed by atoms with E-state index in [1.165, 1.54) is 11.1 Å². The first-order chi connectivity index (χ1) is 10.2. The van der Waals surface area contributed by atoms with Crippen LogP contribution in [0.2, 0.25) is 0 Å². The molecule has 0 aliphatic carbocycles. The van der Waals surface area contributed by atoms with Gasteiger partial charge in [-0.1, -0.05) is 60.7 Å². The lowest BCUT2D eigenvalue weighted by atomic mass is 10.1. The van der Waals surface area contributed by atoms with Gasteiger partial charge in [-0.15, -0.1) is 0 Å². The molecule has 0 aliphatic rings. The third-order valence-corrected chi connectivity index (χ3v) is 3.62. The average molecular weight is 280 g/mol. The molecule has 0 fully saturated rings. The normalized spacial score (nSPS) is 13.6. The molecule has 2 rings (SSSR count). The summed E-state index contributed by atoms with van der Waals surface area (Å²) >= 11 is 0. The molecule has 3 nitrogen and oxygen atoms in total. The van der Waals surface area contributed by atoms with Crippen molar-refractivity contribution in [3.05, 3.63) is 71.8 Å². The number of hydrogen-bond acceptors (Lipinski definition) is 3. The highest BCUT2D eigenvalue weighted by molar-refractivity contribution is 5.17. The van der Waals surface area contributed by atoms with E-state index in [1.54, 1.807) is 0 Å². The van der Waals surface area contributed by atoms with Gasteiger partial charge in [0.2, 0.25) is 0 Å². The van der Waals surface area contributed by atoms with E-state index in [2.05, 4.69) is 29.2 Å². The number of nitriles is 1. The highest BCUT2D eigenvalue weighted by Gasteiger charge is 2.21. The van der Waals surface area contributed by atoms with Crippen LogP contribution in [-0.4, -0.2) is 22.2 Å². The van der Waals surface area contributed by atoms with Crippen molar-refractivity contribution in [2.75, 3.05) is 0 Å². The highest BCUT2D eigenvalue weighted by Crippen LogP contribution is 2.15. The second-order valence-electron chi connectivity index (χ2n) is 5.19. The molecule has 3 heteroatoms.